The van der Waals surface area contributed by atoms with Crippen molar-refractivity contribution in [3.63, 3.8) is 0 Å². The van der Waals surface area contributed by atoms with Gasteiger partial charge >= 0.3 is 17.9 Å². The van der Waals surface area contributed by atoms with Gasteiger partial charge in [0.25, 0.3) is 0 Å². The molecule has 0 aromatic carbocycles. The molecule has 0 rings (SSSR count). The van der Waals surface area contributed by atoms with Crippen molar-refractivity contribution >= 4 is 17.9 Å². The van der Waals surface area contributed by atoms with Crippen molar-refractivity contribution in [1.82, 2.24) is 0 Å². The number of ether oxygens (including phenoxy) is 3. The first kappa shape index (κ1) is 59.9. The van der Waals surface area contributed by atoms with Gasteiger partial charge in [-0.2, -0.15) is 0 Å². The summed E-state index contributed by atoms with van der Waals surface area (Å²) in [5.74, 6) is -0.927. The summed E-state index contributed by atoms with van der Waals surface area (Å²) in [5.41, 5.74) is 0. The normalized spacial score (nSPS) is 12.6. The van der Waals surface area contributed by atoms with E-state index in [1.165, 1.54) is 103 Å². The van der Waals surface area contributed by atoms with E-state index >= 15 is 0 Å². The summed E-state index contributed by atoms with van der Waals surface area (Å²) in [7, 11) is 0. The van der Waals surface area contributed by atoms with Crippen molar-refractivity contribution in [1.29, 1.82) is 0 Å². The van der Waals surface area contributed by atoms with Crippen LogP contribution < -0.4 is 0 Å². The molecule has 362 valence electrons. The van der Waals surface area contributed by atoms with Gasteiger partial charge in [-0.25, -0.2) is 0 Å². The quantitative estimate of drug-likeness (QED) is 0.0262. The third-order valence-corrected chi connectivity index (χ3v) is 11.2. The largest absolute Gasteiger partial charge is 0.462 e. The highest BCUT2D eigenvalue weighted by atomic mass is 16.6. The van der Waals surface area contributed by atoms with Crippen LogP contribution in [0, 0.1) is 0 Å². The van der Waals surface area contributed by atoms with Crippen molar-refractivity contribution in [3.05, 3.63) is 72.9 Å². The zero-order valence-corrected chi connectivity index (χ0v) is 41.3. The molecule has 0 amide bonds. The number of carbonyl (C=O) groups is 3. The Balaban J connectivity index is 4.40. The molecule has 0 aromatic heterocycles. The molecule has 0 saturated carbocycles. The van der Waals surface area contributed by atoms with Crippen molar-refractivity contribution in [2.75, 3.05) is 13.2 Å². The van der Waals surface area contributed by atoms with Gasteiger partial charge in [0.2, 0.25) is 0 Å². The Morgan fingerprint density at radius 3 is 1.05 bits per heavy atom. The highest BCUT2D eigenvalue weighted by Gasteiger charge is 2.19. The Morgan fingerprint density at radius 2 is 0.635 bits per heavy atom. The highest BCUT2D eigenvalue weighted by Crippen LogP contribution is 2.15. The van der Waals surface area contributed by atoms with Crippen molar-refractivity contribution in [2.45, 2.75) is 258 Å². The van der Waals surface area contributed by atoms with Gasteiger partial charge < -0.3 is 14.2 Å². The Hall–Kier alpha value is -3.15. The lowest BCUT2D eigenvalue weighted by atomic mass is 10.0. The van der Waals surface area contributed by atoms with E-state index in [1.54, 1.807) is 0 Å². The average Bonchev–Trinajstić information content (AvgIpc) is 3.28. The van der Waals surface area contributed by atoms with Gasteiger partial charge in [0.1, 0.15) is 13.2 Å². The Labute approximate surface area is 389 Å². The molecule has 0 bridgehead atoms. The van der Waals surface area contributed by atoms with Crippen molar-refractivity contribution in [2.24, 2.45) is 0 Å². The maximum Gasteiger partial charge on any atom is 0.306 e. The number of hydrogen-bond acceptors (Lipinski definition) is 6. The summed E-state index contributed by atoms with van der Waals surface area (Å²) < 4.78 is 16.8. The summed E-state index contributed by atoms with van der Waals surface area (Å²) >= 11 is 0. The molecule has 6 heteroatoms. The zero-order chi connectivity index (χ0) is 45.8. The van der Waals surface area contributed by atoms with Crippen LogP contribution in [0.15, 0.2) is 72.9 Å². The lowest BCUT2D eigenvalue weighted by Gasteiger charge is -2.18. The van der Waals surface area contributed by atoms with Crippen LogP contribution in [0.5, 0.6) is 0 Å². The molecule has 0 aromatic rings. The first-order valence-corrected chi connectivity index (χ1v) is 26.4. The van der Waals surface area contributed by atoms with Crippen LogP contribution in [0.1, 0.15) is 252 Å². The van der Waals surface area contributed by atoms with E-state index in [4.69, 9.17) is 14.2 Å². The number of allylic oxidation sites excluding steroid dienone is 12. The SMILES string of the molecule is CC/C=C\C/C=C\C/C=C\C/C=C\C/C=C\CCCCCC(=O)OC[C@H](COC(=O)CCCCCCCCCCCCCCCCC)OC(=O)CCCCCCC/C=C\CCCC. The predicted molar refractivity (Wildman–Crippen MR) is 270 cm³/mol. The molecule has 0 unspecified atom stereocenters. The molecular formula is C57H98O6. The fourth-order valence-corrected chi connectivity index (χ4v) is 7.21. The first-order chi connectivity index (χ1) is 31.0. The van der Waals surface area contributed by atoms with E-state index in [9.17, 15) is 14.4 Å². The monoisotopic (exact) mass is 879 g/mol. The molecule has 1 atom stereocenters. The second-order valence-electron chi connectivity index (χ2n) is 17.4. The molecule has 0 aliphatic rings. The summed E-state index contributed by atoms with van der Waals surface area (Å²) in [6.45, 7) is 6.46. The molecule has 0 radical (unpaired) electrons. The molecule has 63 heavy (non-hydrogen) atoms. The third-order valence-electron chi connectivity index (χ3n) is 11.2. The molecule has 0 heterocycles. The molecular weight excluding hydrogens is 781 g/mol. The molecule has 6 nitrogen and oxygen atoms in total. The fraction of sp³-hybridized carbons (Fsp3) is 0.737. The van der Waals surface area contributed by atoms with E-state index < -0.39 is 6.10 Å². The van der Waals surface area contributed by atoms with Gasteiger partial charge in [-0.3, -0.25) is 14.4 Å². The number of carbonyl (C=O) groups excluding carboxylic acids is 3. The standard InChI is InChI=1S/C57H98O6/c1-4-7-10-13-16-19-22-24-26-27-28-29-31-33-36-38-41-44-47-50-56(59)62-53-54(63-57(60)51-48-45-42-39-34-21-18-15-12-9-6-3)52-61-55(58)49-46-43-40-37-35-32-30-25-23-20-17-14-11-8-5-2/h7,10,15-16,18-19,24,26,28-29,33,36,54H,4-6,8-9,11-14,17,20-23,25,27,30-32,34-35,37-53H2,1-3H3/b10-7-,18-15-,19-16-,26-24-,29-28-,36-33-/t54-/m0/s1. The summed E-state index contributed by atoms with van der Waals surface area (Å²) in [5, 5.41) is 0. The number of hydrogen-bond donors (Lipinski definition) is 0. The number of rotatable bonds is 47. The van der Waals surface area contributed by atoms with Crippen LogP contribution in [0.2, 0.25) is 0 Å². The smallest absolute Gasteiger partial charge is 0.306 e. The van der Waals surface area contributed by atoms with Crippen LogP contribution in [0.25, 0.3) is 0 Å². The van der Waals surface area contributed by atoms with Crippen LogP contribution in [-0.2, 0) is 28.6 Å². The minimum Gasteiger partial charge on any atom is -0.462 e. The van der Waals surface area contributed by atoms with E-state index in [-0.39, 0.29) is 31.1 Å². The topological polar surface area (TPSA) is 78.9 Å². The van der Waals surface area contributed by atoms with Crippen LogP contribution in [-0.4, -0.2) is 37.2 Å². The lowest BCUT2D eigenvalue weighted by molar-refractivity contribution is -0.167. The fourth-order valence-electron chi connectivity index (χ4n) is 7.21. The van der Waals surface area contributed by atoms with Gasteiger partial charge in [0, 0.05) is 19.3 Å². The van der Waals surface area contributed by atoms with Gasteiger partial charge in [0.15, 0.2) is 6.10 Å². The van der Waals surface area contributed by atoms with E-state index in [0.717, 1.165) is 109 Å². The molecule has 0 aliphatic heterocycles. The number of unbranched alkanes of at least 4 members (excludes halogenated alkanes) is 24. The highest BCUT2D eigenvalue weighted by molar-refractivity contribution is 5.71. The third kappa shape index (κ3) is 49.7. The van der Waals surface area contributed by atoms with Crippen molar-refractivity contribution < 1.29 is 28.6 Å². The molecule has 0 aliphatic carbocycles. The molecule has 0 fully saturated rings. The van der Waals surface area contributed by atoms with E-state index in [0.29, 0.717) is 19.3 Å². The lowest BCUT2D eigenvalue weighted by Crippen LogP contribution is -2.30. The minimum absolute atomic E-state index is 0.0877. The Morgan fingerprint density at radius 1 is 0.333 bits per heavy atom. The summed E-state index contributed by atoms with van der Waals surface area (Å²) in [4.78, 5) is 38.0. The van der Waals surface area contributed by atoms with Gasteiger partial charge in [-0.15, -0.1) is 0 Å². The van der Waals surface area contributed by atoms with Crippen LogP contribution in [0.3, 0.4) is 0 Å². The first-order valence-electron chi connectivity index (χ1n) is 26.4. The van der Waals surface area contributed by atoms with Gasteiger partial charge in [0.05, 0.1) is 0 Å². The average molecular weight is 879 g/mol. The van der Waals surface area contributed by atoms with E-state index in [1.807, 2.05) is 0 Å². The minimum atomic E-state index is -0.790. The summed E-state index contributed by atoms with van der Waals surface area (Å²) in [6, 6.07) is 0. The zero-order valence-electron chi connectivity index (χ0n) is 41.3. The second-order valence-corrected chi connectivity index (χ2v) is 17.4. The molecule has 0 spiro atoms. The van der Waals surface area contributed by atoms with Crippen molar-refractivity contribution in [3.8, 4) is 0 Å². The summed E-state index contributed by atoms with van der Waals surface area (Å²) in [6.07, 6.45) is 64.6. The predicted octanol–water partition coefficient (Wildman–Crippen LogP) is 17.4. The number of esters is 3. The van der Waals surface area contributed by atoms with Gasteiger partial charge in [-0.1, -0.05) is 222 Å². The maximum atomic E-state index is 12.8. The van der Waals surface area contributed by atoms with Crippen LogP contribution in [0.4, 0.5) is 0 Å². The molecule has 0 N–H and O–H groups in total. The van der Waals surface area contributed by atoms with E-state index in [2.05, 4.69) is 93.7 Å². The Kier molecular flexibility index (Phi) is 48.9. The Bertz CT molecular complexity index is 1190. The molecule has 0 saturated heterocycles. The van der Waals surface area contributed by atoms with Crippen LogP contribution >= 0.6 is 0 Å². The second kappa shape index (κ2) is 51.5. The van der Waals surface area contributed by atoms with Gasteiger partial charge in [-0.05, 0) is 83.5 Å². The maximum absolute atomic E-state index is 12.8.